The van der Waals surface area contributed by atoms with E-state index in [0.717, 1.165) is 10.8 Å². The van der Waals surface area contributed by atoms with Crippen molar-refractivity contribution in [3.63, 3.8) is 0 Å². The number of hydrogen-bond donors (Lipinski definition) is 1. The molecule has 0 fully saturated rings. The molecule has 1 aromatic carbocycles. The summed E-state index contributed by atoms with van der Waals surface area (Å²) in [6, 6.07) is 4.48. The van der Waals surface area contributed by atoms with E-state index < -0.39 is 0 Å². The van der Waals surface area contributed by atoms with E-state index in [1.165, 1.54) is 27.5 Å². The molecule has 0 bridgehead atoms. The summed E-state index contributed by atoms with van der Waals surface area (Å²) >= 11 is 4.40. The van der Waals surface area contributed by atoms with Gasteiger partial charge in [-0.25, -0.2) is 0 Å². The van der Waals surface area contributed by atoms with Crippen LogP contribution >= 0.6 is 12.6 Å². The van der Waals surface area contributed by atoms with E-state index in [2.05, 4.69) is 70.8 Å². The molecule has 0 aliphatic heterocycles. The molecule has 0 spiro atoms. The van der Waals surface area contributed by atoms with Crippen molar-refractivity contribution < 1.29 is 0 Å². The second kappa shape index (κ2) is 9.57. The molecule has 1 aliphatic carbocycles. The Morgan fingerprint density at radius 3 is 2.48 bits per heavy atom. The molecule has 1 nitrogen and oxygen atoms in total. The standard InChI is InChI=1S/C25H29NS/c1-7-9-12-22-18(5)19(6)23-15-21(16-27)20(8-2)14-24(23)25(22)26-13-10-11-17(3)4/h7-16,19,25,27H,1,3H2,2,4-6H3/b11-10-,12-9-,20-8-,21-16-,26-13?. The number of nitrogens with zero attached hydrogens (tertiary/aromatic N) is 1. The van der Waals surface area contributed by atoms with Gasteiger partial charge in [0, 0.05) is 12.1 Å². The molecule has 2 rings (SSSR count). The zero-order chi connectivity index (χ0) is 20.0. The van der Waals surface area contributed by atoms with Crippen LogP contribution in [-0.4, -0.2) is 6.21 Å². The van der Waals surface area contributed by atoms with Gasteiger partial charge in [-0.1, -0.05) is 61.6 Å². The highest BCUT2D eigenvalue weighted by atomic mass is 32.1. The number of allylic oxidation sites excluding steroid dienone is 6. The van der Waals surface area contributed by atoms with Crippen molar-refractivity contribution >= 4 is 30.3 Å². The molecule has 2 heteroatoms. The summed E-state index contributed by atoms with van der Waals surface area (Å²) in [6.07, 6.45) is 13.9. The molecule has 140 valence electrons. The average molecular weight is 376 g/mol. The smallest absolute Gasteiger partial charge is 0.100 e. The molecule has 0 saturated carbocycles. The second-order valence-electron chi connectivity index (χ2n) is 6.89. The molecule has 0 aromatic heterocycles. The third-order valence-corrected chi connectivity index (χ3v) is 5.29. The van der Waals surface area contributed by atoms with Crippen molar-refractivity contribution in [3.8, 4) is 0 Å². The fraction of sp³-hybridized carbons (Fsp3) is 0.240. The van der Waals surface area contributed by atoms with Crippen molar-refractivity contribution in [2.45, 2.75) is 39.7 Å². The lowest BCUT2D eigenvalue weighted by atomic mass is 9.76. The fourth-order valence-corrected chi connectivity index (χ4v) is 3.63. The Morgan fingerprint density at radius 2 is 1.89 bits per heavy atom. The first-order valence-electron chi connectivity index (χ1n) is 9.24. The van der Waals surface area contributed by atoms with Gasteiger partial charge in [-0.2, -0.15) is 12.6 Å². The summed E-state index contributed by atoms with van der Waals surface area (Å²) in [7, 11) is 0. The van der Waals surface area contributed by atoms with Crippen LogP contribution in [0.25, 0.3) is 11.5 Å². The summed E-state index contributed by atoms with van der Waals surface area (Å²) in [6.45, 7) is 16.2. The number of hydrogen-bond acceptors (Lipinski definition) is 2. The molecule has 2 atom stereocenters. The van der Waals surface area contributed by atoms with Crippen LogP contribution in [0.15, 0.2) is 77.4 Å². The maximum absolute atomic E-state index is 4.91. The highest BCUT2D eigenvalue weighted by molar-refractivity contribution is 7.88. The first kappa shape index (κ1) is 21.0. The van der Waals surface area contributed by atoms with Gasteiger partial charge < -0.3 is 0 Å². The topological polar surface area (TPSA) is 12.4 Å². The third-order valence-electron chi connectivity index (χ3n) is 5.01. The van der Waals surface area contributed by atoms with E-state index in [4.69, 9.17) is 4.99 Å². The summed E-state index contributed by atoms with van der Waals surface area (Å²) < 4.78 is 0. The largest absolute Gasteiger partial charge is 0.280 e. The summed E-state index contributed by atoms with van der Waals surface area (Å²) in [4.78, 5) is 4.91. The molecule has 0 N–H and O–H groups in total. The SMILES string of the molecule is C=C/C=C\C1=C(C)C(C)c2cc(=C/S)/c(=C\C)cc2C1N=C/C=C\C(=C)C. The Labute approximate surface area is 169 Å². The Balaban J connectivity index is 2.72. The van der Waals surface area contributed by atoms with Gasteiger partial charge in [-0.05, 0) is 71.5 Å². The molecule has 0 heterocycles. The van der Waals surface area contributed by atoms with Crippen molar-refractivity contribution in [3.05, 3.63) is 94.0 Å². The maximum Gasteiger partial charge on any atom is 0.100 e. The lowest BCUT2D eigenvalue weighted by Gasteiger charge is -2.31. The zero-order valence-electron chi connectivity index (χ0n) is 16.7. The Hall–Kier alpha value is -2.32. The minimum absolute atomic E-state index is 0.0326. The Bertz CT molecular complexity index is 970. The van der Waals surface area contributed by atoms with Crippen molar-refractivity contribution in [1.29, 1.82) is 0 Å². The van der Waals surface area contributed by atoms with Crippen LogP contribution in [0.1, 0.15) is 50.8 Å². The Morgan fingerprint density at radius 1 is 1.19 bits per heavy atom. The van der Waals surface area contributed by atoms with Crippen LogP contribution in [-0.2, 0) is 0 Å². The van der Waals surface area contributed by atoms with Gasteiger partial charge in [0.2, 0.25) is 0 Å². The van der Waals surface area contributed by atoms with Crippen LogP contribution in [0.5, 0.6) is 0 Å². The first-order valence-corrected chi connectivity index (χ1v) is 9.75. The number of thiol groups is 1. The number of fused-ring (bicyclic) bond motifs is 1. The van der Waals surface area contributed by atoms with E-state index in [0.29, 0.717) is 5.92 Å². The number of aliphatic imine (C=N–C) groups is 1. The predicted molar refractivity (Wildman–Crippen MR) is 125 cm³/mol. The predicted octanol–water partition coefficient (Wildman–Crippen LogP) is 5.57. The molecular weight excluding hydrogens is 346 g/mol. The van der Waals surface area contributed by atoms with E-state index in [1.54, 1.807) is 0 Å². The van der Waals surface area contributed by atoms with Crippen LogP contribution in [0.4, 0.5) is 0 Å². The third kappa shape index (κ3) is 4.70. The average Bonchev–Trinajstić information content (AvgIpc) is 2.66. The Kier molecular flexibility index (Phi) is 7.44. The molecule has 0 radical (unpaired) electrons. The van der Waals surface area contributed by atoms with Crippen molar-refractivity contribution in [2.75, 3.05) is 0 Å². The van der Waals surface area contributed by atoms with E-state index in [1.807, 2.05) is 42.9 Å². The van der Waals surface area contributed by atoms with Crippen LogP contribution in [0.2, 0.25) is 0 Å². The van der Waals surface area contributed by atoms with Gasteiger partial charge in [-0.15, -0.1) is 0 Å². The minimum Gasteiger partial charge on any atom is -0.280 e. The van der Waals surface area contributed by atoms with E-state index >= 15 is 0 Å². The molecule has 1 aromatic rings. The molecule has 1 aliphatic rings. The number of rotatable bonds is 5. The van der Waals surface area contributed by atoms with Crippen molar-refractivity contribution in [1.82, 2.24) is 0 Å². The monoisotopic (exact) mass is 375 g/mol. The van der Waals surface area contributed by atoms with Gasteiger partial charge in [0.1, 0.15) is 6.04 Å². The van der Waals surface area contributed by atoms with Crippen LogP contribution < -0.4 is 10.4 Å². The molecule has 2 unspecified atom stereocenters. The summed E-state index contributed by atoms with van der Waals surface area (Å²) in [5.74, 6) is 0.333. The maximum atomic E-state index is 4.91. The molecular formula is C25H29NS. The molecule has 0 amide bonds. The lowest BCUT2D eigenvalue weighted by molar-refractivity contribution is 0.740. The summed E-state index contributed by atoms with van der Waals surface area (Å²) in [5, 5.41) is 4.21. The van der Waals surface area contributed by atoms with Gasteiger partial charge >= 0.3 is 0 Å². The van der Waals surface area contributed by atoms with Gasteiger partial charge in [0.15, 0.2) is 0 Å². The fourth-order valence-electron chi connectivity index (χ4n) is 3.41. The molecule has 0 saturated heterocycles. The van der Waals surface area contributed by atoms with Crippen molar-refractivity contribution in [2.24, 2.45) is 4.99 Å². The van der Waals surface area contributed by atoms with Crippen LogP contribution in [0, 0.1) is 0 Å². The highest BCUT2D eigenvalue weighted by Gasteiger charge is 2.28. The summed E-state index contributed by atoms with van der Waals surface area (Å²) in [5.41, 5.74) is 6.16. The normalized spacial score (nSPS) is 21.7. The highest BCUT2D eigenvalue weighted by Crippen LogP contribution is 2.42. The van der Waals surface area contributed by atoms with E-state index in [9.17, 15) is 0 Å². The molecule has 27 heavy (non-hydrogen) atoms. The number of benzene rings is 1. The first-order chi connectivity index (χ1) is 12.9. The van der Waals surface area contributed by atoms with Gasteiger partial charge in [0.25, 0.3) is 0 Å². The lowest BCUT2D eigenvalue weighted by Crippen LogP contribution is -2.29. The second-order valence-corrected chi connectivity index (χ2v) is 7.15. The quantitative estimate of drug-likeness (QED) is 0.392. The van der Waals surface area contributed by atoms with Crippen LogP contribution in [0.3, 0.4) is 0 Å². The van der Waals surface area contributed by atoms with E-state index in [-0.39, 0.29) is 6.04 Å². The zero-order valence-corrected chi connectivity index (χ0v) is 17.6. The van der Waals surface area contributed by atoms with Gasteiger partial charge in [-0.3, -0.25) is 4.99 Å². The minimum atomic E-state index is -0.0326. The van der Waals surface area contributed by atoms with Gasteiger partial charge in [0.05, 0.1) is 0 Å².